The van der Waals surface area contributed by atoms with E-state index in [1.54, 1.807) is 7.11 Å². The van der Waals surface area contributed by atoms with Gasteiger partial charge in [-0.05, 0) is 34.9 Å². The van der Waals surface area contributed by atoms with Gasteiger partial charge in [0, 0.05) is 24.8 Å². The van der Waals surface area contributed by atoms with E-state index in [-0.39, 0.29) is 0 Å². The number of hydrogen-bond acceptors (Lipinski definition) is 3. The van der Waals surface area contributed by atoms with Crippen LogP contribution in [0.15, 0.2) is 60.9 Å². The van der Waals surface area contributed by atoms with Crippen molar-refractivity contribution in [1.82, 2.24) is 15.5 Å². The Kier molecular flexibility index (Phi) is 4.51. The van der Waals surface area contributed by atoms with E-state index in [0.717, 1.165) is 24.4 Å². The molecule has 0 amide bonds. The van der Waals surface area contributed by atoms with Gasteiger partial charge in [0.25, 0.3) is 0 Å². The number of H-pyrrole nitrogens is 1. The number of benzene rings is 2. The largest absolute Gasteiger partial charge is 0.497 e. The second-order valence-corrected chi connectivity index (χ2v) is 5.14. The maximum atomic E-state index is 5.24. The van der Waals surface area contributed by atoms with E-state index in [1.165, 1.54) is 16.7 Å². The van der Waals surface area contributed by atoms with Crippen molar-refractivity contribution in [1.29, 1.82) is 0 Å². The number of methoxy groups -OCH3 is 1. The summed E-state index contributed by atoms with van der Waals surface area (Å²) in [6, 6.07) is 16.6. The van der Waals surface area contributed by atoms with E-state index >= 15 is 0 Å². The third-order valence-electron chi connectivity index (χ3n) is 3.55. The molecule has 4 nitrogen and oxygen atoms in total. The van der Waals surface area contributed by atoms with Crippen molar-refractivity contribution >= 4 is 0 Å². The summed E-state index contributed by atoms with van der Waals surface area (Å²) in [7, 11) is 1.69. The molecule has 0 atom stereocenters. The first-order valence-corrected chi connectivity index (χ1v) is 7.27. The fraction of sp³-hybridized carbons (Fsp3) is 0.167. The van der Waals surface area contributed by atoms with Crippen LogP contribution in [0.4, 0.5) is 0 Å². The molecular weight excluding hydrogens is 274 g/mol. The Morgan fingerprint density at radius 2 is 1.77 bits per heavy atom. The van der Waals surface area contributed by atoms with Crippen molar-refractivity contribution in [3.05, 3.63) is 72.1 Å². The van der Waals surface area contributed by atoms with E-state index in [9.17, 15) is 0 Å². The Morgan fingerprint density at radius 3 is 2.50 bits per heavy atom. The molecule has 3 rings (SSSR count). The second-order valence-electron chi connectivity index (χ2n) is 5.14. The fourth-order valence-electron chi connectivity index (χ4n) is 2.40. The molecule has 0 unspecified atom stereocenters. The third kappa shape index (κ3) is 3.54. The summed E-state index contributed by atoms with van der Waals surface area (Å²) in [5.74, 6) is 0.890. The molecule has 112 valence electrons. The normalized spacial score (nSPS) is 10.6. The lowest BCUT2D eigenvalue weighted by atomic mass is 10.1. The molecule has 3 aromatic rings. The van der Waals surface area contributed by atoms with Gasteiger partial charge in [0.2, 0.25) is 0 Å². The zero-order chi connectivity index (χ0) is 15.2. The minimum absolute atomic E-state index is 0.813. The molecule has 1 aromatic heterocycles. The maximum Gasteiger partial charge on any atom is 0.119 e. The van der Waals surface area contributed by atoms with Crippen molar-refractivity contribution in [3.8, 4) is 16.9 Å². The molecule has 4 heteroatoms. The highest BCUT2D eigenvalue weighted by Gasteiger charge is 2.01. The van der Waals surface area contributed by atoms with Gasteiger partial charge in [0.05, 0.1) is 13.3 Å². The number of aromatic nitrogens is 2. The maximum absolute atomic E-state index is 5.24. The van der Waals surface area contributed by atoms with Gasteiger partial charge in [0.1, 0.15) is 5.75 Å². The number of aromatic amines is 1. The molecule has 0 aliphatic heterocycles. The molecule has 2 aromatic carbocycles. The van der Waals surface area contributed by atoms with Crippen molar-refractivity contribution in [2.75, 3.05) is 7.11 Å². The van der Waals surface area contributed by atoms with Crippen LogP contribution in [0, 0.1) is 0 Å². The van der Waals surface area contributed by atoms with Crippen molar-refractivity contribution < 1.29 is 4.74 Å². The Hall–Kier alpha value is -2.59. The van der Waals surface area contributed by atoms with Crippen LogP contribution in [-0.2, 0) is 13.1 Å². The lowest BCUT2D eigenvalue weighted by molar-refractivity contribution is 0.414. The first-order chi connectivity index (χ1) is 10.8. The number of ether oxygens (including phenoxy) is 1. The van der Waals surface area contributed by atoms with Gasteiger partial charge < -0.3 is 10.1 Å². The van der Waals surface area contributed by atoms with Gasteiger partial charge in [-0.15, -0.1) is 0 Å². The lowest BCUT2D eigenvalue weighted by Gasteiger charge is -2.08. The molecule has 0 saturated carbocycles. The summed E-state index contributed by atoms with van der Waals surface area (Å²) in [4.78, 5) is 0. The van der Waals surface area contributed by atoms with E-state index < -0.39 is 0 Å². The van der Waals surface area contributed by atoms with E-state index in [1.807, 2.05) is 24.5 Å². The first kappa shape index (κ1) is 14.4. The monoisotopic (exact) mass is 293 g/mol. The molecule has 0 aliphatic rings. The van der Waals surface area contributed by atoms with E-state index in [4.69, 9.17) is 4.74 Å². The van der Waals surface area contributed by atoms with Crippen LogP contribution in [0.2, 0.25) is 0 Å². The Morgan fingerprint density at radius 1 is 1.00 bits per heavy atom. The molecule has 0 radical (unpaired) electrons. The quantitative estimate of drug-likeness (QED) is 0.732. The van der Waals surface area contributed by atoms with Gasteiger partial charge in [0.15, 0.2) is 0 Å². The molecule has 1 heterocycles. The Labute approximate surface area is 130 Å². The average molecular weight is 293 g/mol. The van der Waals surface area contributed by atoms with Crippen LogP contribution in [0.1, 0.15) is 11.1 Å². The predicted octanol–water partition coefficient (Wildman–Crippen LogP) is 3.38. The van der Waals surface area contributed by atoms with Crippen LogP contribution in [0.25, 0.3) is 11.1 Å². The highest BCUT2D eigenvalue weighted by atomic mass is 16.5. The number of nitrogens with one attached hydrogen (secondary N) is 2. The zero-order valence-electron chi connectivity index (χ0n) is 12.5. The highest BCUT2D eigenvalue weighted by molar-refractivity contribution is 5.62. The van der Waals surface area contributed by atoms with Gasteiger partial charge >= 0.3 is 0 Å². The summed E-state index contributed by atoms with van der Waals surface area (Å²) < 4.78 is 5.24. The van der Waals surface area contributed by atoms with Gasteiger partial charge in [-0.25, -0.2) is 0 Å². The van der Waals surface area contributed by atoms with E-state index in [0.29, 0.717) is 0 Å². The molecule has 22 heavy (non-hydrogen) atoms. The van der Waals surface area contributed by atoms with Crippen LogP contribution in [0.5, 0.6) is 5.75 Å². The van der Waals surface area contributed by atoms with E-state index in [2.05, 4.69) is 51.9 Å². The van der Waals surface area contributed by atoms with Crippen LogP contribution >= 0.6 is 0 Å². The third-order valence-corrected chi connectivity index (χ3v) is 3.55. The molecule has 0 fully saturated rings. The topological polar surface area (TPSA) is 49.9 Å². The SMILES string of the molecule is COc1cccc(CNCc2cccc(-c3cn[nH]c3)c2)c1. The van der Waals surface area contributed by atoms with Gasteiger partial charge in [-0.1, -0.05) is 30.3 Å². The predicted molar refractivity (Wildman–Crippen MR) is 87.6 cm³/mol. The lowest BCUT2D eigenvalue weighted by Crippen LogP contribution is -2.12. The van der Waals surface area contributed by atoms with Crippen molar-refractivity contribution in [2.24, 2.45) is 0 Å². The van der Waals surface area contributed by atoms with Crippen LogP contribution in [0.3, 0.4) is 0 Å². The minimum Gasteiger partial charge on any atom is -0.497 e. The molecule has 0 spiro atoms. The summed E-state index contributed by atoms with van der Waals surface area (Å²) in [5, 5.41) is 10.3. The number of hydrogen-bond donors (Lipinski definition) is 2. The molecule has 0 aliphatic carbocycles. The second kappa shape index (κ2) is 6.91. The fourth-order valence-corrected chi connectivity index (χ4v) is 2.40. The Balaban J connectivity index is 1.61. The first-order valence-electron chi connectivity index (χ1n) is 7.27. The average Bonchev–Trinajstić information content (AvgIpc) is 3.10. The van der Waals surface area contributed by atoms with Gasteiger partial charge in [-0.2, -0.15) is 5.10 Å². The molecule has 0 saturated heterocycles. The highest BCUT2D eigenvalue weighted by Crippen LogP contribution is 2.19. The molecular formula is C18H19N3O. The van der Waals surface area contributed by atoms with Crippen molar-refractivity contribution in [2.45, 2.75) is 13.1 Å². The zero-order valence-corrected chi connectivity index (χ0v) is 12.5. The number of rotatable bonds is 6. The standard InChI is InChI=1S/C18H19N3O/c1-22-18-7-3-5-15(9-18)11-19-10-14-4-2-6-16(8-14)17-12-20-21-13-17/h2-9,12-13,19H,10-11H2,1H3,(H,20,21). The summed E-state index contributed by atoms with van der Waals surface area (Å²) in [5.41, 5.74) is 4.75. The number of nitrogens with zero attached hydrogens (tertiary/aromatic N) is 1. The minimum atomic E-state index is 0.813. The molecule has 2 N–H and O–H groups in total. The Bertz CT molecular complexity index is 723. The van der Waals surface area contributed by atoms with Crippen LogP contribution < -0.4 is 10.1 Å². The summed E-state index contributed by atoms with van der Waals surface area (Å²) in [6.45, 7) is 1.63. The molecule has 0 bridgehead atoms. The summed E-state index contributed by atoms with van der Waals surface area (Å²) in [6.07, 6.45) is 3.74. The summed E-state index contributed by atoms with van der Waals surface area (Å²) >= 11 is 0. The smallest absolute Gasteiger partial charge is 0.119 e. The van der Waals surface area contributed by atoms with Gasteiger partial charge in [-0.3, -0.25) is 5.10 Å². The van der Waals surface area contributed by atoms with Crippen LogP contribution in [-0.4, -0.2) is 17.3 Å². The van der Waals surface area contributed by atoms with Crippen molar-refractivity contribution in [3.63, 3.8) is 0 Å².